The molecule has 3 fully saturated rings. The van der Waals surface area contributed by atoms with Crippen LogP contribution in [-0.2, 0) is 0 Å². The predicted molar refractivity (Wildman–Crippen MR) is 93.3 cm³/mol. The first-order chi connectivity index (χ1) is 8.87. The van der Waals surface area contributed by atoms with Gasteiger partial charge in [0.15, 0.2) is 0 Å². The van der Waals surface area contributed by atoms with E-state index in [1.807, 2.05) is 0 Å². The van der Waals surface area contributed by atoms with Gasteiger partial charge in [0.25, 0.3) is 0 Å². The van der Waals surface area contributed by atoms with E-state index in [1.54, 1.807) is 5.90 Å². The second-order valence-corrected chi connectivity index (χ2v) is 18.6. The minimum absolute atomic E-state index is 1.02. The Labute approximate surface area is 121 Å². The molecule has 2 nitrogen and oxygen atoms in total. The third-order valence-electron chi connectivity index (χ3n) is 7.70. The molecule has 2 spiro atoms. The molecule has 3 aliphatic rings. The maximum absolute atomic E-state index is 2.86. The van der Waals surface area contributed by atoms with Crippen LogP contribution >= 0.6 is 14.8 Å². The monoisotopic (exact) mass is 304 g/mol. The normalized spacial score (nSPS) is 49.2. The summed E-state index contributed by atoms with van der Waals surface area (Å²) in [6.07, 6.45) is 6.00. The Kier molecular flexibility index (Phi) is 3.59. The van der Waals surface area contributed by atoms with Crippen molar-refractivity contribution in [3.63, 3.8) is 0 Å². The number of hydrazine groups is 1. The zero-order chi connectivity index (χ0) is 14.0. The Bertz CT molecular complexity index is 319. The molecule has 3 rings (SSSR count). The topological polar surface area (TPSA) is 6.48 Å². The SMILES string of the molecule is C[C@@H]1CC[C@@H](C)[PH]12C[PH]1([C@H](C)CC[C@H]1C)N(C)N2C. The summed E-state index contributed by atoms with van der Waals surface area (Å²) in [5.41, 5.74) is 4.06. The van der Waals surface area contributed by atoms with Gasteiger partial charge in [-0.25, -0.2) is 0 Å². The van der Waals surface area contributed by atoms with Crippen molar-refractivity contribution >= 4 is 14.8 Å². The van der Waals surface area contributed by atoms with Gasteiger partial charge in [-0.1, -0.05) is 0 Å². The van der Waals surface area contributed by atoms with Crippen molar-refractivity contribution in [3.05, 3.63) is 0 Å². The molecule has 3 heterocycles. The van der Waals surface area contributed by atoms with E-state index in [4.69, 9.17) is 0 Å². The van der Waals surface area contributed by atoms with E-state index in [-0.39, 0.29) is 0 Å². The van der Waals surface area contributed by atoms with Gasteiger partial charge in [-0.15, -0.1) is 0 Å². The summed E-state index contributed by atoms with van der Waals surface area (Å²) in [6.45, 7) is 10.3. The van der Waals surface area contributed by atoms with Crippen LogP contribution in [0.1, 0.15) is 53.4 Å². The molecule has 0 aromatic heterocycles. The average molecular weight is 304 g/mol. The van der Waals surface area contributed by atoms with Crippen LogP contribution in [0.5, 0.6) is 0 Å². The van der Waals surface area contributed by atoms with E-state index in [0.29, 0.717) is 0 Å². The fourth-order valence-electron chi connectivity index (χ4n) is 6.18. The van der Waals surface area contributed by atoms with Crippen LogP contribution in [-0.4, -0.2) is 52.2 Å². The molecular formula is C15H34N2P2. The van der Waals surface area contributed by atoms with E-state index in [0.717, 1.165) is 22.6 Å². The van der Waals surface area contributed by atoms with Crippen LogP contribution < -0.4 is 0 Å². The van der Waals surface area contributed by atoms with Gasteiger partial charge in [0.05, 0.1) is 0 Å². The summed E-state index contributed by atoms with van der Waals surface area (Å²) in [4.78, 5) is 0. The van der Waals surface area contributed by atoms with Crippen molar-refractivity contribution in [2.75, 3.05) is 20.0 Å². The second kappa shape index (κ2) is 4.64. The molecular weight excluding hydrogens is 270 g/mol. The number of rotatable bonds is 0. The van der Waals surface area contributed by atoms with Crippen LogP contribution in [0.3, 0.4) is 0 Å². The molecule has 4 heteroatoms. The fourth-order valence-corrected chi connectivity index (χ4v) is 26.6. The molecule has 114 valence electrons. The summed E-state index contributed by atoms with van der Waals surface area (Å²) in [5, 5.41) is 0. The van der Waals surface area contributed by atoms with Gasteiger partial charge < -0.3 is 0 Å². The van der Waals surface area contributed by atoms with Gasteiger partial charge in [-0.2, -0.15) is 0 Å². The van der Waals surface area contributed by atoms with Crippen molar-refractivity contribution in [1.82, 2.24) is 9.56 Å². The Morgan fingerprint density at radius 3 is 1.16 bits per heavy atom. The third-order valence-corrected chi connectivity index (χ3v) is 23.4. The molecule has 0 aromatic carbocycles. The molecule has 0 amide bonds. The summed E-state index contributed by atoms with van der Waals surface area (Å²) in [7, 11) is 2.44. The van der Waals surface area contributed by atoms with Gasteiger partial charge in [-0.05, 0) is 0 Å². The van der Waals surface area contributed by atoms with Gasteiger partial charge in [0.2, 0.25) is 0 Å². The third kappa shape index (κ3) is 1.64. The van der Waals surface area contributed by atoms with Crippen LogP contribution in [0.15, 0.2) is 0 Å². The predicted octanol–water partition coefficient (Wildman–Crippen LogP) is 4.21. The van der Waals surface area contributed by atoms with Crippen LogP contribution in [0, 0.1) is 0 Å². The Morgan fingerprint density at radius 1 is 0.632 bits per heavy atom. The molecule has 0 unspecified atom stereocenters. The summed E-state index contributed by atoms with van der Waals surface area (Å²) >= 11 is 0. The van der Waals surface area contributed by atoms with Gasteiger partial charge in [0.1, 0.15) is 0 Å². The minimum atomic E-state index is -1.24. The van der Waals surface area contributed by atoms with Crippen LogP contribution in [0.25, 0.3) is 0 Å². The molecule has 0 radical (unpaired) electrons. The molecule has 0 bridgehead atoms. The van der Waals surface area contributed by atoms with E-state index >= 15 is 0 Å². The van der Waals surface area contributed by atoms with Crippen molar-refractivity contribution in [2.24, 2.45) is 0 Å². The average Bonchev–Trinajstić information content (AvgIpc) is 2.91. The molecule has 3 saturated heterocycles. The molecule has 0 aromatic rings. The Morgan fingerprint density at radius 2 is 0.895 bits per heavy atom. The zero-order valence-electron chi connectivity index (χ0n) is 13.7. The summed E-state index contributed by atoms with van der Waals surface area (Å²) in [5.74, 6) is 1.68. The van der Waals surface area contributed by atoms with Crippen molar-refractivity contribution in [2.45, 2.75) is 76.0 Å². The first-order valence-corrected chi connectivity index (χ1v) is 13.0. The Hall–Kier alpha value is 0.780. The molecule has 0 saturated carbocycles. The first-order valence-electron chi connectivity index (χ1n) is 8.35. The quantitative estimate of drug-likeness (QED) is 0.619. The number of hydrogen-bond donors (Lipinski definition) is 0. The van der Waals surface area contributed by atoms with Crippen molar-refractivity contribution in [3.8, 4) is 0 Å². The molecule has 0 aliphatic carbocycles. The fraction of sp³-hybridized carbons (Fsp3) is 1.00. The van der Waals surface area contributed by atoms with E-state index in [9.17, 15) is 0 Å². The van der Waals surface area contributed by atoms with Gasteiger partial charge in [-0.3, -0.25) is 0 Å². The second-order valence-electron chi connectivity index (χ2n) is 7.97. The maximum atomic E-state index is 2.86. The Balaban J connectivity index is 2.04. The van der Waals surface area contributed by atoms with Gasteiger partial charge >= 0.3 is 120 Å². The molecule has 3 aliphatic heterocycles. The standard InChI is InChI=1S/C15H34N2P2/c1-12-7-8-13(2)18(12)11-19(17(6)16(18)5)14(3)9-10-15(19)4/h12-15,18-19H,7-11H2,1-6H3/t12-,13-,14-,15-/m1/s1. The van der Waals surface area contributed by atoms with E-state index < -0.39 is 14.8 Å². The molecule has 0 N–H and O–H groups in total. The molecule has 4 atom stereocenters. The summed E-state index contributed by atoms with van der Waals surface area (Å²) in [6, 6.07) is 0. The van der Waals surface area contributed by atoms with E-state index in [2.05, 4.69) is 51.3 Å². The van der Waals surface area contributed by atoms with Gasteiger partial charge in [0, 0.05) is 0 Å². The zero-order valence-corrected chi connectivity index (χ0v) is 15.7. The first kappa shape index (κ1) is 14.7. The van der Waals surface area contributed by atoms with E-state index in [1.165, 1.54) is 25.7 Å². The number of nitrogens with zero attached hydrogens (tertiary/aromatic N) is 2. The van der Waals surface area contributed by atoms with Crippen LogP contribution in [0.2, 0.25) is 0 Å². The van der Waals surface area contributed by atoms with Crippen molar-refractivity contribution < 1.29 is 0 Å². The summed E-state index contributed by atoms with van der Waals surface area (Å²) < 4.78 is 5.72. The van der Waals surface area contributed by atoms with Crippen molar-refractivity contribution in [1.29, 1.82) is 0 Å². The molecule has 19 heavy (non-hydrogen) atoms. The number of hydrogen-bond acceptors (Lipinski definition) is 2. The van der Waals surface area contributed by atoms with Crippen LogP contribution in [0.4, 0.5) is 0 Å².